The van der Waals surface area contributed by atoms with Crippen molar-refractivity contribution in [3.63, 3.8) is 0 Å². The van der Waals surface area contributed by atoms with E-state index in [-0.39, 0.29) is 22.8 Å². The number of phenols is 1. The number of Topliss-reactive ketones (excluding diaryl/α,β-unsaturated/α-hetero) is 1. The summed E-state index contributed by atoms with van der Waals surface area (Å²) in [5.74, 6) is 0.692. The number of aromatic hydroxyl groups is 1. The van der Waals surface area contributed by atoms with E-state index in [0.717, 1.165) is 21.4 Å². The van der Waals surface area contributed by atoms with E-state index in [9.17, 15) is 15.2 Å². The van der Waals surface area contributed by atoms with Crippen molar-refractivity contribution < 1.29 is 9.90 Å². The number of phenolic OH excluding ortho intramolecular Hbond substituents is 1. The lowest BCUT2D eigenvalue weighted by Crippen LogP contribution is -2.42. The molecule has 0 saturated heterocycles. The average molecular weight is 454 g/mol. The molecular formula is C22H23N5O2S2. The van der Waals surface area contributed by atoms with Crippen molar-refractivity contribution in [3.05, 3.63) is 52.5 Å². The van der Waals surface area contributed by atoms with Gasteiger partial charge in [-0.1, -0.05) is 56.0 Å². The number of carbonyl (C=O) groups is 1. The first-order chi connectivity index (χ1) is 14.8. The summed E-state index contributed by atoms with van der Waals surface area (Å²) in [6.07, 6.45) is 1.01. The summed E-state index contributed by atoms with van der Waals surface area (Å²) in [6, 6.07) is 8.83. The fourth-order valence-corrected chi connectivity index (χ4v) is 5.98. The van der Waals surface area contributed by atoms with Crippen LogP contribution in [0, 0.1) is 16.7 Å². The summed E-state index contributed by atoms with van der Waals surface area (Å²) in [7, 11) is 0. The van der Waals surface area contributed by atoms with Gasteiger partial charge in [-0.05, 0) is 35.3 Å². The molecule has 1 unspecified atom stereocenters. The Labute approximate surface area is 189 Å². The van der Waals surface area contributed by atoms with Crippen LogP contribution in [0.2, 0.25) is 0 Å². The van der Waals surface area contributed by atoms with Crippen molar-refractivity contribution in [3.8, 4) is 11.8 Å². The van der Waals surface area contributed by atoms with Gasteiger partial charge in [0.15, 0.2) is 10.1 Å². The molecule has 2 heterocycles. The van der Waals surface area contributed by atoms with Crippen molar-refractivity contribution in [2.75, 3.05) is 10.7 Å². The summed E-state index contributed by atoms with van der Waals surface area (Å²) >= 11 is 2.99. The molecule has 0 fully saturated rings. The Hall–Kier alpha value is -2.83. The molecule has 1 aromatic heterocycles. The molecule has 0 amide bonds. The van der Waals surface area contributed by atoms with Crippen LogP contribution in [0.1, 0.15) is 45.1 Å². The van der Waals surface area contributed by atoms with E-state index < -0.39 is 5.92 Å². The fraction of sp³-hybridized carbons (Fsp3) is 0.364. The quantitative estimate of drug-likeness (QED) is 0.658. The number of hydrogen-bond donors (Lipinski definition) is 2. The van der Waals surface area contributed by atoms with Gasteiger partial charge >= 0.3 is 0 Å². The first kappa shape index (κ1) is 21.4. The Morgan fingerprint density at radius 3 is 2.68 bits per heavy atom. The minimum Gasteiger partial charge on any atom is -0.508 e. The lowest BCUT2D eigenvalue weighted by molar-refractivity contribution is -0.118. The van der Waals surface area contributed by atoms with Gasteiger partial charge in [-0.25, -0.2) is 0 Å². The number of aromatic nitrogens is 2. The maximum atomic E-state index is 13.4. The third kappa shape index (κ3) is 3.82. The summed E-state index contributed by atoms with van der Waals surface area (Å²) < 4.78 is 0.813. The lowest BCUT2D eigenvalue weighted by Gasteiger charge is -2.42. The van der Waals surface area contributed by atoms with Gasteiger partial charge in [0, 0.05) is 17.7 Å². The van der Waals surface area contributed by atoms with Crippen LogP contribution in [0.5, 0.6) is 5.75 Å². The van der Waals surface area contributed by atoms with Crippen LogP contribution in [0.4, 0.5) is 5.13 Å². The van der Waals surface area contributed by atoms with Crippen LogP contribution in [-0.4, -0.2) is 26.8 Å². The summed E-state index contributed by atoms with van der Waals surface area (Å²) in [6.45, 7) is 6.15. The predicted molar refractivity (Wildman–Crippen MR) is 122 cm³/mol. The number of thioether (sulfide) groups is 1. The minimum absolute atomic E-state index is 0.00208. The molecule has 2 aromatic rings. The largest absolute Gasteiger partial charge is 0.508 e. The number of carbonyl (C=O) groups excluding carboxylic acids is 1. The van der Waals surface area contributed by atoms with Gasteiger partial charge in [0.25, 0.3) is 0 Å². The number of rotatable bonds is 4. The van der Waals surface area contributed by atoms with E-state index in [4.69, 9.17) is 5.73 Å². The highest BCUT2D eigenvalue weighted by atomic mass is 32.2. The van der Waals surface area contributed by atoms with Gasteiger partial charge in [-0.3, -0.25) is 9.69 Å². The summed E-state index contributed by atoms with van der Waals surface area (Å²) in [5, 5.41) is 28.9. The number of allylic oxidation sites excluding steroid dienone is 3. The van der Waals surface area contributed by atoms with Crippen LogP contribution in [0.15, 0.2) is 51.3 Å². The topological polar surface area (TPSA) is 116 Å². The minimum atomic E-state index is -0.571. The first-order valence-electron chi connectivity index (χ1n) is 9.97. The second kappa shape index (κ2) is 8.02. The molecule has 1 atom stereocenters. The van der Waals surface area contributed by atoms with Gasteiger partial charge in [-0.15, -0.1) is 10.2 Å². The van der Waals surface area contributed by atoms with E-state index in [1.807, 2.05) is 6.92 Å². The van der Waals surface area contributed by atoms with E-state index >= 15 is 0 Å². The van der Waals surface area contributed by atoms with Crippen molar-refractivity contribution in [2.24, 2.45) is 11.1 Å². The van der Waals surface area contributed by atoms with E-state index in [1.54, 1.807) is 40.9 Å². The Morgan fingerprint density at radius 2 is 2.03 bits per heavy atom. The third-order valence-electron chi connectivity index (χ3n) is 5.46. The molecule has 1 aromatic carbocycles. The number of nitriles is 1. The molecule has 0 radical (unpaired) electrons. The molecule has 0 bridgehead atoms. The fourth-order valence-electron chi connectivity index (χ4n) is 4.20. The molecule has 7 nitrogen and oxygen atoms in total. The van der Waals surface area contributed by atoms with Crippen molar-refractivity contribution in [1.82, 2.24) is 10.2 Å². The molecule has 9 heteroatoms. The van der Waals surface area contributed by atoms with Gasteiger partial charge < -0.3 is 10.8 Å². The lowest BCUT2D eigenvalue weighted by atomic mass is 9.69. The zero-order chi connectivity index (χ0) is 22.3. The van der Waals surface area contributed by atoms with Crippen molar-refractivity contribution in [2.45, 2.75) is 43.9 Å². The van der Waals surface area contributed by atoms with Crippen LogP contribution in [-0.2, 0) is 4.79 Å². The van der Waals surface area contributed by atoms with Gasteiger partial charge in [0.2, 0.25) is 5.13 Å². The highest BCUT2D eigenvalue weighted by Gasteiger charge is 2.45. The Kier molecular flexibility index (Phi) is 5.54. The molecule has 3 N–H and O–H groups in total. The number of anilines is 1. The van der Waals surface area contributed by atoms with Crippen LogP contribution in [0.3, 0.4) is 0 Å². The summed E-state index contributed by atoms with van der Waals surface area (Å²) in [4.78, 5) is 15.2. The van der Waals surface area contributed by atoms with Crippen molar-refractivity contribution >= 4 is 34.0 Å². The first-order valence-corrected chi connectivity index (χ1v) is 11.8. The zero-order valence-corrected chi connectivity index (χ0v) is 19.2. The molecule has 1 aliphatic heterocycles. The molecular weight excluding hydrogens is 430 g/mol. The maximum absolute atomic E-state index is 13.4. The van der Waals surface area contributed by atoms with E-state index in [0.29, 0.717) is 29.1 Å². The maximum Gasteiger partial charge on any atom is 0.219 e. The molecule has 31 heavy (non-hydrogen) atoms. The molecule has 4 rings (SSSR count). The highest BCUT2D eigenvalue weighted by molar-refractivity contribution is 8.01. The normalized spacial score (nSPS) is 20.6. The number of hydrogen-bond acceptors (Lipinski definition) is 9. The Bertz CT molecular complexity index is 1140. The molecule has 160 valence electrons. The second-order valence-corrected chi connectivity index (χ2v) is 10.8. The van der Waals surface area contributed by atoms with Crippen molar-refractivity contribution in [1.29, 1.82) is 5.26 Å². The summed E-state index contributed by atoms with van der Waals surface area (Å²) in [5.41, 5.74) is 8.73. The van der Waals surface area contributed by atoms with E-state index in [1.165, 1.54) is 11.3 Å². The van der Waals surface area contributed by atoms with Gasteiger partial charge in [0.05, 0.1) is 17.6 Å². The average Bonchev–Trinajstić information content (AvgIpc) is 3.15. The van der Waals surface area contributed by atoms with E-state index in [2.05, 4.69) is 30.1 Å². The number of ketones is 1. The molecule has 0 saturated carbocycles. The SMILES string of the molecule is CCSc1nnc(N2C(N)=C(C#N)C(c3ccc(O)cc3)C3=C2CC(C)(C)CC3=O)s1. The Morgan fingerprint density at radius 1 is 1.32 bits per heavy atom. The zero-order valence-electron chi connectivity index (χ0n) is 17.5. The molecule has 0 spiro atoms. The van der Waals surface area contributed by atoms with Crippen LogP contribution >= 0.6 is 23.1 Å². The number of nitrogens with zero attached hydrogens (tertiary/aromatic N) is 4. The number of nitrogens with two attached hydrogens (primary N) is 1. The van der Waals surface area contributed by atoms with Crippen LogP contribution < -0.4 is 10.6 Å². The van der Waals surface area contributed by atoms with Crippen LogP contribution in [0.25, 0.3) is 0 Å². The monoisotopic (exact) mass is 453 g/mol. The highest BCUT2D eigenvalue weighted by Crippen LogP contribution is 2.50. The Balaban J connectivity index is 1.94. The van der Waals surface area contributed by atoms with Gasteiger partial charge in [0.1, 0.15) is 11.6 Å². The standard InChI is InChI=1S/C22H23N5O2S2/c1-4-30-21-26-25-20(31-21)27-15-9-22(2,3)10-16(29)18(15)17(14(11-23)19(27)24)12-5-7-13(28)8-6-12/h5-8,17,28H,4,9-10,24H2,1-3H3. The third-order valence-corrected chi connectivity index (χ3v) is 7.39. The predicted octanol–water partition coefficient (Wildman–Crippen LogP) is 4.30. The number of benzene rings is 1. The smallest absolute Gasteiger partial charge is 0.219 e. The molecule has 1 aliphatic carbocycles. The molecule has 2 aliphatic rings. The second-order valence-electron chi connectivity index (χ2n) is 8.36. The van der Waals surface area contributed by atoms with Gasteiger partial charge in [-0.2, -0.15) is 5.26 Å².